The number of allylic oxidation sites excluding steroid dienone is 1. The average Bonchev–Trinajstić information content (AvgIpc) is 2.94. The van der Waals surface area contributed by atoms with Gasteiger partial charge in [0.2, 0.25) is 5.95 Å². The van der Waals surface area contributed by atoms with Crippen LogP contribution in [0.2, 0.25) is 0 Å². The minimum atomic E-state index is -1.07. The van der Waals surface area contributed by atoms with Gasteiger partial charge in [0.1, 0.15) is 17.5 Å². The number of tetrazole rings is 1. The van der Waals surface area contributed by atoms with E-state index < -0.39 is 12.0 Å². The van der Waals surface area contributed by atoms with Crippen molar-refractivity contribution in [3.8, 4) is 5.75 Å². The minimum absolute atomic E-state index is 0.0363. The van der Waals surface area contributed by atoms with Crippen LogP contribution < -0.4 is 10.1 Å². The quantitative estimate of drug-likeness (QED) is 0.861. The van der Waals surface area contributed by atoms with E-state index >= 15 is 0 Å². The van der Waals surface area contributed by atoms with Crippen molar-refractivity contribution < 1.29 is 14.6 Å². The molecule has 2 heterocycles. The van der Waals surface area contributed by atoms with E-state index in [1.54, 1.807) is 19.3 Å². The summed E-state index contributed by atoms with van der Waals surface area (Å²) in [5.74, 6) is -0.0965. The normalized spacial score (nSPS) is 16.7. The molecule has 21 heavy (non-hydrogen) atoms. The topological polar surface area (TPSA) is 102 Å². The van der Waals surface area contributed by atoms with Crippen molar-refractivity contribution in [2.24, 2.45) is 0 Å². The number of rotatable bonds is 3. The highest BCUT2D eigenvalue weighted by molar-refractivity contribution is 9.10. The van der Waals surface area contributed by atoms with Crippen LogP contribution in [0.1, 0.15) is 11.6 Å². The van der Waals surface area contributed by atoms with Crippen molar-refractivity contribution in [1.29, 1.82) is 0 Å². The zero-order chi connectivity index (χ0) is 15.0. The maximum Gasteiger partial charge on any atom is 0.352 e. The van der Waals surface area contributed by atoms with Crippen LogP contribution in [0.5, 0.6) is 5.75 Å². The summed E-state index contributed by atoms with van der Waals surface area (Å²) in [6.07, 6.45) is 1.56. The Kier molecular flexibility index (Phi) is 3.34. The molecule has 0 amide bonds. The number of fused-ring (bicyclic) bond motifs is 1. The standard InChI is InChI=1S/C12H10BrN5O3/c1-21-10-3-2-6(4-7(10)13)9-5-8(11(19)20)14-12-15-16-17-18(9)12/h2-5,9H,1H3,(H,19,20)(H,14,15,17)/t9-/m0/s1. The van der Waals surface area contributed by atoms with E-state index in [1.165, 1.54) is 4.68 Å². The monoisotopic (exact) mass is 351 g/mol. The van der Waals surface area contributed by atoms with E-state index in [0.717, 1.165) is 10.0 Å². The molecule has 0 spiro atoms. The molecule has 9 heteroatoms. The van der Waals surface area contributed by atoms with Gasteiger partial charge in [0.25, 0.3) is 0 Å². The summed E-state index contributed by atoms with van der Waals surface area (Å²) in [5.41, 5.74) is 0.866. The molecule has 0 fully saturated rings. The number of hydrogen-bond acceptors (Lipinski definition) is 6. The van der Waals surface area contributed by atoms with Crippen molar-refractivity contribution in [2.45, 2.75) is 6.04 Å². The Morgan fingerprint density at radius 2 is 2.33 bits per heavy atom. The number of carbonyl (C=O) groups is 1. The molecular weight excluding hydrogens is 342 g/mol. The fraction of sp³-hybridized carbons (Fsp3) is 0.167. The molecule has 0 saturated carbocycles. The number of methoxy groups -OCH3 is 1. The van der Waals surface area contributed by atoms with Crippen molar-refractivity contribution in [1.82, 2.24) is 20.2 Å². The fourth-order valence-corrected chi connectivity index (χ4v) is 2.64. The van der Waals surface area contributed by atoms with E-state index in [-0.39, 0.29) is 11.6 Å². The largest absolute Gasteiger partial charge is 0.496 e. The van der Waals surface area contributed by atoms with Crippen LogP contribution in [0.15, 0.2) is 34.4 Å². The maximum absolute atomic E-state index is 11.2. The van der Waals surface area contributed by atoms with Gasteiger partial charge in [0.05, 0.1) is 11.6 Å². The van der Waals surface area contributed by atoms with E-state index in [0.29, 0.717) is 5.75 Å². The summed E-state index contributed by atoms with van der Waals surface area (Å²) in [7, 11) is 1.58. The second-order valence-corrected chi connectivity index (χ2v) is 5.15. The van der Waals surface area contributed by atoms with Gasteiger partial charge in [0.15, 0.2) is 0 Å². The summed E-state index contributed by atoms with van der Waals surface area (Å²) in [6.45, 7) is 0. The Morgan fingerprint density at radius 3 is 3.00 bits per heavy atom. The zero-order valence-electron chi connectivity index (χ0n) is 10.8. The number of carboxylic acid groups (broad SMARTS) is 1. The van der Waals surface area contributed by atoms with E-state index in [4.69, 9.17) is 9.84 Å². The highest BCUT2D eigenvalue weighted by Gasteiger charge is 2.26. The molecule has 0 radical (unpaired) electrons. The Morgan fingerprint density at radius 1 is 1.52 bits per heavy atom. The van der Waals surface area contributed by atoms with Gasteiger partial charge in [-0.1, -0.05) is 11.2 Å². The van der Waals surface area contributed by atoms with Crippen LogP contribution in [-0.4, -0.2) is 38.4 Å². The lowest BCUT2D eigenvalue weighted by molar-refractivity contribution is -0.132. The van der Waals surface area contributed by atoms with Gasteiger partial charge in [-0.25, -0.2) is 4.79 Å². The molecule has 1 aliphatic heterocycles. The molecule has 0 saturated heterocycles. The smallest absolute Gasteiger partial charge is 0.352 e. The van der Waals surface area contributed by atoms with Crippen molar-refractivity contribution in [2.75, 3.05) is 12.4 Å². The molecule has 0 aliphatic carbocycles. The number of carboxylic acids is 1. The van der Waals surface area contributed by atoms with Gasteiger partial charge < -0.3 is 15.2 Å². The Labute approximate surface area is 127 Å². The summed E-state index contributed by atoms with van der Waals surface area (Å²) in [5, 5.41) is 23.1. The van der Waals surface area contributed by atoms with Gasteiger partial charge in [-0.15, -0.1) is 0 Å². The third-order valence-corrected chi connectivity index (χ3v) is 3.69. The number of halogens is 1. The number of aliphatic carboxylic acids is 1. The van der Waals surface area contributed by atoms with E-state index in [2.05, 4.69) is 36.8 Å². The number of aromatic nitrogens is 4. The Bertz CT molecular complexity index is 742. The molecule has 2 N–H and O–H groups in total. The van der Waals surface area contributed by atoms with Gasteiger partial charge in [-0.3, -0.25) is 0 Å². The molecule has 0 unspecified atom stereocenters. The van der Waals surface area contributed by atoms with Crippen LogP contribution in [0.25, 0.3) is 0 Å². The SMILES string of the molecule is COc1ccc([C@@H]2C=C(C(=O)O)Nc3nnnn32)cc1Br. The van der Waals surface area contributed by atoms with Crippen LogP contribution in [0.4, 0.5) is 5.95 Å². The first-order valence-electron chi connectivity index (χ1n) is 5.93. The summed E-state index contributed by atoms with van der Waals surface area (Å²) in [4.78, 5) is 11.2. The average molecular weight is 352 g/mol. The molecule has 0 bridgehead atoms. The third-order valence-electron chi connectivity index (χ3n) is 3.08. The van der Waals surface area contributed by atoms with E-state index in [1.807, 2.05) is 12.1 Å². The molecule has 1 aromatic carbocycles. The predicted octanol–water partition coefficient (Wildman–Crippen LogP) is 1.43. The molecule has 3 rings (SSSR count). The van der Waals surface area contributed by atoms with Crippen molar-refractivity contribution in [3.05, 3.63) is 40.0 Å². The molecule has 1 aromatic heterocycles. The highest BCUT2D eigenvalue weighted by atomic mass is 79.9. The first-order chi connectivity index (χ1) is 10.1. The number of nitrogens with zero attached hydrogens (tertiary/aromatic N) is 4. The first kappa shape index (κ1) is 13.6. The number of anilines is 1. The molecule has 1 aliphatic rings. The Hall–Kier alpha value is -2.42. The molecule has 108 valence electrons. The minimum Gasteiger partial charge on any atom is -0.496 e. The van der Waals surface area contributed by atoms with Crippen LogP contribution in [0.3, 0.4) is 0 Å². The second kappa shape index (κ2) is 5.17. The summed E-state index contributed by atoms with van der Waals surface area (Å²) >= 11 is 3.41. The van der Waals surface area contributed by atoms with Gasteiger partial charge >= 0.3 is 5.97 Å². The predicted molar refractivity (Wildman–Crippen MR) is 76.0 cm³/mol. The fourth-order valence-electron chi connectivity index (χ4n) is 2.08. The lowest BCUT2D eigenvalue weighted by Gasteiger charge is -2.21. The maximum atomic E-state index is 11.2. The molecular formula is C12H10BrN5O3. The number of ether oxygens (including phenoxy) is 1. The van der Waals surface area contributed by atoms with Crippen molar-refractivity contribution in [3.63, 3.8) is 0 Å². The van der Waals surface area contributed by atoms with Gasteiger partial charge in [-0.2, -0.15) is 4.68 Å². The Balaban J connectivity index is 2.08. The summed E-state index contributed by atoms with van der Waals surface area (Å²) < 4.78 is 7.46. The zero-order valence-corrected chi connectivity index (χ0v) is 12.4. The first-order valence-corrected chi connectivity index (χ1v) is 6.73. The molecule has 2 aromatic rings. The van der Waals surface area contributed by atoms with Crippen molar-refractivity contribution >= 4 is 27.8 Å². The third kappa shape index (κ3) is 2.35. The van der Waals surface area contributed by atoms with E-state index in [9.17, 15) is 4.79 Å². The van der Waals surface area contributed by atoms with Crippen LogP contribution >= 0.6 is 15.9 Å². The van der Waals surface area contributed by atoms with Gasteiger partial charge in [-0.05, 0) is 50.1 Å². The van der Waals surface area contributed by atoms with Crippen LogP contribution in [0, 0.1) is 0 Å². The van der Waals surface area contributed by atoms with Crippen LogP contribution in [-0.2, 0) is 4.79 Å². The summed E-state index contributed by atoms with van der Waals surface area (Å²) in [6, 6.07) is 5.06. The molecule has 8 nitrogen and oxygen atoms in total. The second-order valence-electron chi connectivity index (χ2n) is 4.30. The lowest BCUT2D eigenvalue weighted by Crippen LogP contribution is -2.24. The molecule has 1 atom stereocenters. The number of benzene rings is 1. The lowest BCUT2D eigenvalue weighted by atomic mass is 10.0. The van der Waals surface area contributed by atoms with Gasteiger partial charge in [0, 0.05) is 0 Å². The number of nitrogens with one attached hydrogen (secondary N) is 1. The highest BCUT2D eigenvalue weighted by Crippen LogP contribution is 2.32. The number of hydrogen-bond donors (Lipinski definition) is 2.